The fourth-order valence-electron chi connectivity index (χ4n) is 2.56. The van der Waals surface area contributed by atoms with Crippen molar-refractivity contribution in [1.29, 1.82) is 0 Å². The lowest BCUT2D eigenvalue weighted by molar-refractivity contribution is 0.0138. The Morgan fingerprint density at radius 3 is 2.43 bits per heavy atom. The molecule has 1 amide bonds. The maximum Gasteiger partial charge on any atom is 0.410 e. The molecule has 23 heavy (non-hydrogen) atoms. The summed E-state index contributed by atoms with van der Waals surface area (Å²) < 4.78 is 12.1. The highest BCUT2D eigenvalue weighted by Crippen LogP contribution is 2.26. The van der Waals surface area contributed by atoms with E-state index in [0.717, 1.165) is 29.0 Å². The molecule has 1 aromatic rings. The van der Waals surface area contributed by atoms with Crippen LogP contribution in [-0.2, 0) is 11.3 Å². The number of carbonyl (C=O) groups excluding carboxylic acids is 1. The molecule has 0 bridgehead atoms. The Kier molecular flexibility index (Phi) is 6.13. The molecule has 2 rings (SSSR count). The number of methoxy groups -OCH3 is 1. The molecule has 0 unspecified atom stereocenters. The van der Waals surface area contributed by atoms with Crippen LogP contribution in [-0.4, -0.2) is 54.8 Å². The summed E-state index contributed by atoms with van der Waals surface area (Å²) in [6.45, 7) is 9.59. The first-order chi connectivity index (χ1) is 10.8. The number of ether oxygens (including phenoxy) is 2. The number of carbonyl (C=O) groups is 1. The lowest BCUT2D eigenvalue weighted by atomic mass is 10.1. The second kappa shape index (κ2) is 7.70. The molecule has 0 atom stereocenters. The van der Waals surface area contributed by atoms with Gasteiger partial charge in [0.2, 0.25) is 0 Å². The van der Waals surface area contributed by atoms with Crippen molar-refractivity contribution in [3.05, 3.63) is 27.3 Å². The zero-order valence-corrected chi connectivity index (χ0v) is 16.4. The average Bonchev–Trinajstić information content (AvgIpc) is 2.46. The monoisotopic (exact) mass is 432 g/mol. The first kappa shape index (κ1) is 18.3. The van der Waals surface area contributed by atoms with Gasteiger partial charge in [-0.25, -0.2) is 4.79 Å². The molecule has 0 radical (unpaired) electrons. The third kappa shape index (κ3) is 5.24. The zero-order valence-electron chi connectivity index (χ0n) is 14.3. The van der Waals surface area contributed by atoms with E-state index < -0.39 is 5.60 Å². The number of hydrogen-bond acceptors (Lipinski definition) is 4. The Balaban J connectivity index is 1.90. The molecular weight excluding hydrogens is 407 g/mol. The molecule has 1 aromatic carbocycles. The second-order valence-electron chi connectivity index (χ2n) is 6.68. The highest BCUT2D eigenvalue weighted by Gasteiger charge is 2.26. The predicted octanol–water partition coefficient (Wildman–Crippen LogP) is 3.35. The molecule has 1 aliphatic rings. The van der Waals surface area contributed by atoms with Crippen LogP contribution in [0.4, 0.5) is 4.79 Å². The first-order valence-corrected chi connectivity index (χ1v) is 8.89. The Morgan fingerprint density at radius 2 is 1.87 bits per heavy atom. The van der Waals surface area contributed by atoms with Crippen LogP contribution in [0.3, 0.4) is 0 Å². The van der Waals surface area contributed by atoms with E-state index >= 15 is 0 Å². The lowest BCUT2D eigenvalue weighted by Gasteiger charge is -2.35. The van der Waals surface area contributed by atoms with Crippen LogP contribution in [0.5, 0.6) is 5.75 Å². The highest BCUT2D eigenvalue weighted by molar-refractivity contribution is 14.1. The summed E-state index contributed by atoms with van der Waals surface area (Å²) in [7, 11) is 1.71. The van der Waals surface area contributed by atoms with Crippen LogP contribution in [0.15, 0.2) is 18.2 Å². The van der Waals surface area contributed by atoms with Crippen molar-refractivity contribution in [3.63, 3.8) is 0 Å². The summed E-state index contributed by atoms with van der Waals surface area (Å²) >= 11 is 2.29. The number of benzene rings is 1. The molecular formula is C17H25IN2O3. The smallest absolute Gasteiger partial charge is 0.410 e. The summed E-state index contributed by atoms with van der Waals surface area (Å²) in [5, 5.41) is 0. The standard InChI is InChI=1S/C17H25IN2O3/c1-17(2,3)23-16(21)20-10-8-19(9-11-20)12-13-6-5-7-14(18)15(13)22-4/h5-7H,8-12H2,1-4H3. The van der Waals surface area contributed by atoms with Crippen molar-refractivity contribution in [2.45, 2.75) is 32.9 Å². The minimum Gasteiger partial charge on any atom is -0.495 e. The molecule has 0 saturated carbocycles. The third-order valence-corrected chi connectivity index (χ3v) is 4.52. The van der Waals surface area contributed by atoms with Crippen molar-refractivity contribution in [3.8, 4) is 5.75 Å². The van der Waals surface area contributed by atoms with Gasteiger partial charge in [0.05, 0.1) is 10.7 Å². The Labute approximate surface area is 152 Å². The van der Waals surface area contributed by atoms with E-state index in [1.807, 2.05) is 26.8 Å². The van der Waals surface area contributed by atoms with E-state index in [4.69, 9.17) is 9.47 Å². The molecule has 0 aliphatic carbocycles. The Morgan fingerprint density at radius 1 is 1.22 bits per heavy atom. The summed E-state index contributed by atoms with van der Waals surface area (Å²) in [6.07, 6.45) is -0.219. The second-order valence-corrected chi connectivity index (χ2v) is 7.84. The Hall–Kier alpha value is -1.02. The molecule has 0 aromatic heterocycles. The van der Waals surface area contributed by atoms with E-state index in [0.29, 0.717) is 13.1 Å². The molecule has 0 spiro atoms. The van der Waals surface area contributed by atoms with Crippen LogP contribution < -0.4 is 4.74 Å². The van der Waals surface area contributed by atoms with Gasteiger partial charge >= 0.3 is 6.09 Å². The van der Waals surface area contributed by atoms with E-state index in [9.17, 15) is 4.79 Å². The molecule has 5 nitrogen and oxygen atoms in total. The number of nitrogens with zero attached hydrogens (tertiary/aromatic N) is 2. The molecule has 0 N–H and O–H groups in total. The van der Waals surface area contributed by atoms with Gasteiger partial charge in [-0.3, -0.25) is 4.90 Å². The molecule has 1 fully saturated rings. The van der Waals surface area contributed by atoms with Crippen molar-refractivity contribution >= 4 is 28.7 Å². The van der Waals surface area contributed by atoms with E-state index in [1.54, 1.807) is 12.0 Å². The van der Waals surface area contributed by atoms with Gasteiger partial charge < -0.3 is 14.4 Å². The van der Waals surface area contributed by atoms with Gasteiger partial charge in [0.1, 0.15) is 11.4 Å². The molecule has 128 valence electrons. The number of rotatable bonds is 3. The zero-order chi connectivity index (χ0) is 17.0. The van der Waals surface area contributed by atoms with Crippen LogP contribution in [0.1, 0.15) is 26.3 Å². The van der Waals surface area contributed by atoms with Crippen molar-refractivity contribution in [2.24, 2.45) is 0 Å². The lowest BCUT2D eigenvalue weighted by Crippen LogP contribution is -2.49. The number of halogens is 1. The Bertz CT molecular complexity index is 549. The van der Waals surface area contributed by atoms with Crippen molar-refractivity contribution in [2.75, 3.05) is 33.3 Å². The molecule has 1 aliphatic heterocycles. The van der Waals surface area contributed by atoms with Gasteiger partial charge in [-0.2, -0.15) is 0 Å². The van der Waals surface area contributed by atoms with Crippen LogP contribution in [0, 0.1) is 3.57 Å². The number of piperazine rings is 1. The number of para-hydroxylation sites is 1. The van der Waals surface area contributed by atoms with Crippen LogP contribution >= 0.6 is 22.6 Å². The molecule has 1 heterocycles. The van der Waals surface area contributed by atoms with Crippen LogP contribution in [0.25, 0.3) is 0 Å². The van der Waals surface area contributed by atoms with Gasteiger partial charge in [-0.05, 0) is 49.4 Å². The SMILES string of the molecule is COc1c(I)cccc1CN1CCN(C(=O)OC(C)(C)C)CC1. The largest absolute Gasteiger partial charge is 0.495 e. The van der Waals surface area contributed by atoms with Crippen molar-refractivity contribution in [1.82, 2.24) is 9.80 Å². The van der Waals surface area contributed by atoms with Gasteiger partial charge in [0.15, 0.2) is 0 Å². The topological polar surface area (TPSA) is 42.0 Å². The third-order valence-electron chi connectivity index (χ3n) is 3.67. The first-order valence-electron chi connectivity index (χ1n) is 7.82. The number of hydrogen-bond donors (Lipinski definition) is 0. The van der Waals surface area contributed by atoms with E-state index in [2.05, 4.69) is 39.6 Å². The summed E-state index contributed by atoms with van der Waals surface area (Å²) in [5.41, 5.74) is 0.743. The van der Waals surface area contributed by atoms with E-state index in [-0.39, 0.29) is 6.09 Å². The van der Waals surface area contributed by atoms with Crippen LogP contribution in [0.2, 0.25) is 0 Å². The number of amides is 1. The fraction of sp³-hybridized carbons (Fsp3) is 0.588. The summed E-state index contributed by atoms with van der Waals surface area (Å²) in [4.78, 5) is 16.2. The predicted molar refractivity (Wildman–Crippen MR) is 98.8 cm³/mol. The normalized spacial score (nSPS) is 16.3. The fourth-order valence-corrected chi connectivity index (χ4v) is 3.34. The van der Waals surface area contributed by atoms with Gasteiger partial charge in [0, 0.05) is 38.3 Å². The van der Waals surface area contributed by atoms with Crippen molar-refractivity contribution < 1.29 is 14.3 Å². The molecule has 1 saturated heterocycles. The minimum absolute atomic E-state index is 0.219. The van der Waals surface area contributed by atoms with Gasteiger partial charge in [-0.15, -0.1) is 0 Å². The highest BCUT2D eigenvalue weighted by atomic mass is 127. The summed E-state index contributed by atoms with van der Waals surface area (Å²) in [6, 6.07) is 6.20. The molecule has 6 heteroatoms. The van der Waals surface area contributed by atoms with E-state index in [1.165, 1.54) is 5.56 Å². The average molecular weight is 432 g/mol. The maximum atomic E-state index is 12.1. The van der Waals surface area contributed by atoms with Gasteiger partial charge in [-0.1, -0.05) is 12.1 Å². The quantitative estimate of drug-likeness (QED) is 0.688. The summed E-state index contributed by atoms with van der Waals surface area (Å²) in [5.74, 6) is 0.947. The minimum atomic E-state index is -0.442. The van der Waals surface area contributed by atoms with Gasteiger partial charge in [0.25, 0.3) is 0 Å². The maximum absolute atomic E-state index is 12.1.